The molecule has 1 fully saturated rings. The fourth-order valence-electron chi connectivity index (χ4n) is 3.84. The summed E-state index contributed by atoms with van der Waals surface area (Å²) in [6.45, 7) is 2.38. The van der Waals surface area contributed by atoms with E-state index in [4.69, 9.17) is 0 Å². The van der Waals surface area contributed by atoms with E-state index in [0.29, 0.717) is 6.54 Å². The van der Waals surface area contributed by atoms with E-state index in [-0.39, 0.29) is 17.4 Å². The van der Waals surface area contributed by atoms with Crippen molar-refractivity contribution in [2.75, 3.05) is 43.9 Å². The highest BCUT2D eigenvalue weighted by Gasteiger charge is 2.28. The lowest BCUT2D eigenvalue weighted by atomic mass is 10.0. The van der Waals surface area contributed by atoms with Crippen molar-refractivity contribution in [3.05, 3.63) is 64.2 Å². The van der Waals surface area contributed by atoms with E-state index < -0.39 is 16.7 Å². The number of anilines is 2. The van der Waals surface area contributed by atoms with Gasteiger partial charge in [0.25, 0.3) is 5.69 Å². The van der Waals surface area contributed by atoms with Gasteiger partial charge in [-0.15, -0.1) is 0 Å². The summed E-state index contributed by atoms with van der Waals surface area (Å²) in [5.74, 6) is -1.61. The number of hydrogen-bond donors (Lipinski definition) is 3. The van der Waals surface area contributed by atoms with Crippen molar-refractivity contribution in [3.8, 4) is 0 Å². The van der Waals surface area contributed by atoms with Crippen LogP contribution in [0.4, 0.5) is 17.1 Å². The molecule has 0 bridgehead atoms. The van der Waals surface area contributed by atoms with Gasteiger partial charge >= 0.3 is 11.8 Å². The average Bonchev–Trinajstić information content (AvgIpc) is 3.28. The SMILES string of the molecule is CN(C)c1ccc([C@@H](CNC(=O)C(=O)Nc2cccc([N+](=O)[O-])c2)[NH+]2CCCC2)cc1. The normalized spacial score (nSPS) is 14.6. The molecule has 0 radical (unpaired) electrons. The van der Waals surface area contributed by atoms with Crippen LogP contribution in [0.25, 0.3) is 0 Å². The van der Waals surface area contributed by atoms with Gasteiger partial charge in [0.1, 0.15) is 6.04 Å². The Kier molecular flexibility index (Phi) is 7.19. The minimum Gasteiger partial charge on any atom is -0.378 e. The Hall–Kier alpha value is -3.46. The smallest absolute Gasteiger partial charge is 0.313 e. The molecule has 2 aromatic rings. The standard InChI is InChI=1S/C22H27N5O4/c1-25(2)18-10-8-16(9-11-18)20(26-12-3-4-13-26)15-23-21(28)22(29)24-17-6-5-7-19(14-17)27(30)31/h5-11,14,20H,3-4,12-13,15H2,1-2H3,(H,23,28)(H,24,29)/p+1/t20-/m1/s1. The molecule has 0 aromatic heterocycles. The molecule has 0 saturated carbocycles. The van der Waals surface area contributed by atoms with E-state index >= 15 is 0 Å². The van der Waals surface area contributed by atoms with Crippen LogP contribution in [-0.4, -0.2) is 50.5 Å². The van der Waals surface area contributed by atoms with Crippen molar-refractivity contribution in [2.45, 2.75) is 18.9 Å². The number of likely N-dealkylation sites (tertiary alicyclic amines) is 1. The number of nitrogens with zero attached hydrogens (tertiary/aromatic N) is 2. The van der Waals surface area contributed by atoms with Crippen molar-refractivity contribution in [1.29, 1.82) is 0 Å². The van der Waals surface area contributed by atoms with Crippen LogP contribution in [0.15, 0.2) is 48.5 Å². The molecule has 1 heterocycles. The monoisotopic (exact) mass is 426 g/mol. The number of carbonyl (C=O) groups is 2. The number of quaternary nitrogens is 1. The van der Waals surface area contributed by atoms with E-state index in [1.165, 1.54) is 29.2 Å². The Labute approximate surface area is 181 Å². The Morgan fingerprint density at radius 3 is 2.39 bits per heavy atom. The van der Waals surface area contributed by atoms with Crippen LogP contribution in [0.3, 0.4) is 0 Å². The van der Waals surface area contributed by atoms with Crippen LogP contribution < -0.4 is 20.4 Å². The topological polar surface area (TPSA) is 109 Å². The zero-order chi connectivity index (χ0) is 22.4. The number of rotatable bonds is 7. The van der Waals surface area contributed by atoms with Gasteiger partial charge in [0.05, 0.1) is 24.6 Å². The van der Waals surface area contributed by atoms with Crippen LogP contribution >= 0.6 is 0 Å². The third kappa shape index (κ3) is 5.79. The van der Waals surface area contributed by atoms with Crippen molar-refractivity contribution in [3.63, 3.8) is 0 Å². The number of hydrogen-bond acceptors (Lipinski definition) is 5. The quantitative estimate of drug-likeness (QED) is 0.349. The molecule has 164 valence electrons. The van der Waals surface area contributed by atoms with Gasteiger partial charge in [-0.25, -0.2) is 0 Å². The molecule has 9 heteroatoms. The van der Waals surface area contributed by atoms with Crippen LogP contribution in [0.1, 0.15) is 24.4 Å². The van der Waals surface area contributed by atoms with Gasteiger partial charge < -0.3 is 20.4 Å². The van der Waals surface area contributed by atoms with E-state index in [1.807, 2.05) is 19.0 Å². The van der Waals surface area contributed by atoms with Gasteiger partial charge in [0.15, 0.2) is 0 Å². The second-order valence-electron chi connectivity index (χ2n) is 7.88. The fraction of sp³-hybridized carbons (Fsp3) is 0.364. The lowest BCUT2D eigenvalue weighted by Crippen LogP contribution is -3.11. The van der Waals surface area contributed by atoms with Crippen LogP contribution in [0, 0.1) is 10.1 Å². The lowest BCUT2D eigenvalue weighted by molar-refractivity contribution is -0.918. The molecular formula is C22H28N5O4+. The molecule has 3 rings (SSSR count). The summed E-state index contributed by atoms with van der Waals surface area (Å²) in [4.78, 5) is 38.4. The first-order chi connectivity index (χ1) is 14.8. The van der Waals surface area contributed by atoms with Crippen molar-refractivity contribution in [1.82, 2.24) is 5.32 Å². The van der Waals surface area contributed by atoms with Crippen molar-refractivity contribution in [2.24, 2.45) is 0 Å². The Balaban J connectivity index is 1.65. The largest absolute Gasteiger partial charge is 0.378 e. The fourth-order valence-corrected chi connectivity index (χ4v) is 3.84. The maximum absolute atomic E-state index is 12.4. The molecule has 1 saturated heterocycles. The summed E-state index contributed by atoms with van der Waals surface area (Å²) >= 11 is 0. The molecule has 2 aromatic carbocycles. The molecule has 0 spiro atoms. The summed E-state index contributed by atoms with van der Waals surface area (Å²) in [6, 6.07) is 13.8. The molecule has 1 aliphatic rings. The van der Waals surface area contributed by atoms with Crippen molar-refractivity contribution < 1.29 is 19.4 Å². The zero-order valence-electron chi connectivity index (χ0n) is 17.8. The van der Waals surface area contributed by atoms with E-state index in [9.17, 15) is 19.7 Å². The predicted molar refractivity (Wildman–Crippen MR) is 118 cm³/mol. The number of non-ortho nitro benzene ring substituents is 1. The Bertz CT molecular complexity index is 939. The summed E-state index contributed by atoms with van der Waals surface area (Å²) in [5, 5.41) is 16.0. The third-order valence-electron chi connectivity index (χ3n) is 5.54. The van der Waals surface area contributed by atoms with Gasteiger partial charge in [-0.3, -0.25) is 19.7 Å². The minimum atomic E-state index is -0.848. The number of benzene rings is 2. The van der Waals surface area contributed by atoms with Gasteiger partial charge in [-0.1, -0.05) is 18.2 Å². The number of nitro groups is 1. The summed E-state index contributed by atoms with van der Waals surface area (Å²) < 4.78 is 0. The third-order valence-corrected chi connectivity index (χ3v) is 5.54. The van der Waals surface area contributed by atoms with Crippen molar-refractivity contribution >= 4 is 28.9 Å². The first kappa shape index (κ1) is 22.2. The molecule has 2 amide bonds. The van der Waals surface area contributed by atoms with Crippen LogP contribution in [-0.2, 0) is 9.59 Å². The zero-order valence-corrected chi connectivity index (χ0v) is 17.8. The number of nitrogens with one attached hydrogen (secondary N) is 3. The highest BCUT2D eigenvalue weighted by Crippen LogP contribution is 2.18. The van der Waals surface area contributed by atoms with Crippen LogP contribution in [0.2, 0.25) is 0 Å². The van der Waals surface area contributed by atoms with Gasteiger partial charge in [0, 0.05) is 56.0 Å². The molecule has 31 heavy (non-hydrogen) atoms. The highest BCUT2D eigenvalue weighted by atomic mass is 16.6. The minimum absolute atomic E-state index is 0.0493. The number of amides is 2. The van der Waals surface area contributed by atoms with Gasteiger partial charge in [-0.2, -0.15) is 0 Å². The Morgan fingerprint density at radius 2 is 1.77 bits per heavy atom. The first-order valence-corrected chi connectivity index (χ1v) is 10.3. The van der Waals surface area contributed by atoms with E-state index in [2.05, 4.69) is 34.9 Å². The summed E-state index contributed by atoms with van der Waals surface area (Å²) in [7, 11) is 3.97. The summed E-state index contributed by atoms with van der Waals surface area (Å²) in [6.07, 6.45) is 2.28. The second kappa shape index (κ2) is 10.0. The molecule has 0 aliphatic carbocycles. The molecule has 1 aliphatic heterocycles. The molecule has 1 atom stereocenters. The number of nitro benzene ring substituents is 1. The second-order valence-corrected chi connectivity index (χ2v) is 7.88. The molecule has 9 nitrogen and oxygen atoms in total. The van der Waals surface area contributed by atoms with Gasteiger partial charge in [0.2, 0.25) is 0 Å². The van der Waals surface area contributed by atoms with Gasteiger partial charge in [-0.05, 0) is 18.2 Å². The molecule has 3 N–H and O–H groups in total. The molecular weight excluding hydrogens is 398 g/mol. The predicted octanol–water partition coefficient (Wildman–Crippen LogP) is 1.14. The Morgan fingerprint density at radius 1 is 1.10 bits per heavy atom. The maximum Gasteiger partial charge on any atom is 0.313 e. The van der Waals surface area contributed by atoms with Crippen LogP contribution in [0.5, 0.6) is 0 Å². The molecule has 0 unspecified atom stereocenters. The lowest BCUT2D eigenvalue weighted by Gasteiger charge is -2.25. The maximum atomic E-state index is 12.4. The van der Waals surface area contributed by atoms with E-state index in [1.54, 1.807) is 0 Å². The average molecular weight is 426 g/mol. The highest BCUT2D eigenvalue weighted by molar-refractivity contribution is 6.39. The number of carbonyl (C=O) groups excluding carboxylic acids is 2. The summed E-state index contributed by atoms with van der Waals surface area (Å²) in [5.41, 5.74) is 2.26. The first-order valence-electron chi connectivity index (χ1n) is 10.3. The van der Waals surface area contributed by atoms with E-state index in [0.717, 1.165) is 37.2 Å².